The number of nitrogens with one attached hydrogen (secondary N) is 2. The lowest BCUT2D eigenvalue weighted by atomic mass is 9.97. The summed E-state index contributed by atoms with van der Waals surface area (Å²) in [6, 6.07) is 3.85. The zero-order chi connectivity index (χ0) is 18.5. The Morgan fingerprint density at radius 1 is 1.31 bits per heavy atom. The minimum absolute atomic E-state index is 0. The van der Waals surface area contributed by atoms with Gasteiger partial charge in [-0.15, -0.1) is 35.3 Å². The third-order valence-electron chi connectivity index (χ3n) is 3.48. The molecule has 0 saturated carbocycles. The lowest BCUT2D eigenvalue weighted by molar-refractivity contribution is 0.0655. The molecule has 0 aromatic carbocycles. The van der Waals surface area contributed by atoms with Gasteiger partial charge in [-0.2, -0.15) is 4.98 Å². The molecule has 1 atom stereocenters. The van der Waals surface area contributed by atoms with E-state index in [1.54, 1.807) is 6.92 Å². The predicted octanol–water partition coefficient (Wildman–Crippen LogP) is 3.01. The summed E-state index contributed by atoms with van der Waals surface area (Å²) in [4.78, 5) is 9.75. The summed E-state index contributed by atoms with van der Waals surface area (Å²) in [6.45, 7) is 11.2. The second-order valence-electron chi connectivity index (χ2n) is 7.07. The van der Waals surface area contributed by atoms with Crippen LogP contribution in [-0.2, 0) is 17.6 Å². The topological polar surface area (TPSA) is 95.6 Å². The highest BCUT2D eigenvalue weighted by atomic mass is 127. The van der Waals surface area contributed by atoms with E-state index in [9.17, 15) is 5.11 Å². The number of hydrogen-bond acceptors (Lipinski definition) is 6. The molecular weight excluding hydrogens is 465 g/mol. The molecule has 0 saturated heterocycles. The van der Waals surface area contributed by atoms with Crippen LogP contribution in [0.1, 0.15) is 51.2 Å². The van der Waals surface area contributed by atoms with E-state index in [4.69, 9.17) is 4.52 Å². The summed E-state index contributed by atoms with van der Waals surface area (Å²) < 4.78 is 5.27. The molecule has 0 spiro atoms. The van der Waals surface area contributed by atoms with Crippen molar-refractivity contribution in [2.24, 2.45) is 4.99 Å². The Labute approximate surface area is 175 Å². The van der Waals surface area contributed by atoms with Crippen molar-refractivity contribution in [3.05, 3.63) is 34.1 Å². The lowest BCUT2D eigenvalue weighted by Crippen LogP contribution is -2.44. The van der Waals surface area contributed by atoms with E-state index in [-0.39, 0.29) is 29.4 Å². The Kier molecular flexibility index (Phi) is 8.48. The Morgan fingerprint density at radius 2 is 2.04 bits per heavy atom. The number of rotatable bonds is 6. The van der Waals surface area contributed by atoms with E-state index < -0.39 is 5.60 Å². The maximum absolute atomic E-state index is 10.6. The SMILES string of the molecule is CCNC(=NCc1noc(C(C)(C)C)n1)NCC(C)(O)c1cccs1.I. The maximum Gasteiger partial charge on any atom is 0.232 e. The molecule has 7 nitrogen and oxygen atoms in total. The number of nitrogens with zero attached hydrogens (tertiary/aromatic N) is 3. The maximum atomic E-state index is 10.6. The van der Waals surface area contributed by atoms with Crippen molar-refractivity contribution in [2.75, 3.05) is 13.1 Å². The third kappa shape index (κ3) is 6.51. The molecule has 0 aliphatic carbocycles. The molecule has 3 N–H and O–H groups in total. The average Bonchev–Trinajstić information content (AvgIpc) is 3.20. The van der Waals surface area contributed by atoms with Gasteiger partial charge in [0.05, 0.1) is 6.54 Å². The van der Waals surface area contributed by atoms with Crippen LogP contribution in [0, 0.1) is 0 Å². The van der Waals surface area contributed by atoms with Gasteiger partial charge < -0.3 is 20.3 Å². The van der Waals surface area contributed by atoms with Gasteiger partial charge >= 0.3 is 0 Å². The van der Waals surface area contributed by atoms with Crippen molar-refractivity contribution in [3.63, 3.8) is 0 Å². The van der Waals surface area contributed by atoms with Gasteiger partial charge in [0.1, 0.15) is 12.1 Å². The fourth-order valence-corrected chi connectivity index (χ4v) is 2.83. The summed E-state index contributed by atoms with van der Waals surface area (Å²) in [6.07, 6.45) is 0. The summed E-state index contributed by atoms with van der Waals surface area (Å²) in [5.74, 6) is 1.73. The van der Waals surface area contributed by atoms with Crippen molar-refractivity contribution in [3.8, 4) is 0 Å². The van der Waals surface area contributed by atoms with Crippen LogP contribution >= 0.6 is 35.3 Å². The first-order valence-corrected chi connectivity index (χ1v) is 9.22. The van der Waals surface area contributed by atoms with Gasteiger partial charge in [0.2, 0.25) is 5.89 Å². The minimum atomic E-state index is -0.962. The molecule has 2 rings (SSSR count). The minimum Gasteiger partial charge on any atom is -0.383 e. The summed E-state index contributed by atoms with van der Waals surface area (Å²) in [7, 11) is 0. The van der Waals surface area contributed by atoms with Gasteiger partial charge in [0, 0.05) is 16.8 Å². The highest BCUT2D eigenvalue weighted by Gasteiger charge is 2.24. The average molecular weight is 493 g/mol. The quantitative estimate of drug-likeness (QED) is 0.326. The molecule has 2 aromatic heterocycles. The second-order valence-corrected chi connectivity index (χ2v) is 8.01. The van der Waals surface area contributed by atoms with Crippen molar-refractivity contribution < 1.29 is 9.63 Å². The van der Waals surface area contributed by atoms with Gasteiger partial charge in [-0.1, -0.05) is 32.0 Å². The standard InChI is InChI=1S/C17H27N5O2S.HI/c1-6-18-15(20-11-17(5,23)12-8-7-9-25-12)19-10-13-21-14(24-22-13)16(2,3)4;/h7-9,23H,6,10-11H2,1-5H3,(H2,18,19,20);1H. The predicted molar refractivity (Wildman–Crippen MR) is 115 cm³/mol. The molecule has 0 fully saturated rings. The largest absolute Gasteiger partial charge is 0.383 e. The van der Waals surface area contributed by atoms with Crippen LogP contribution < -0.4 is 10.6 Å². The van der Waals surface area contributed by atoms with Crippen LogP contribution in [-0.4, -0.2) is 34.3 Å². The Balaban J connectivity index is 0.00000338. The highest BCUT2D eigenvalue weighted by molar-refractivity contribution is 14.0. The highest BCUT2D eigenvalue weighted by Crippen LogP contribution is 2.24. The number of halogens is 1. The van der Waals surface area contributed by atoms with Crippen LogP contribution in [0.15, 0.2) is 27.0 Å². The molecule has 0 amide bonds. The molecule has 2 heterocycles. The van der Waals surface area contributed by atoms with E-state index in [1.807, 2.05) is 45.2 Å². The third-order valence-corrected chi connectivity index (χ3v) is 4.61. The number of hydrogen-bond donors (Lipinski definition) is 3. The molecule has 0 bridgehead atoms. The van der Waals surface area contributed by atoms with E-state index >= 15 is 0 Å². The number of guanidine groups is 1. The Bertz CT molecular complexity index is 692. The van der Waals surface area contributed by atoms with Gasteiger partial charge in [-0.05, 0) is 25.3 Å². The zero-order valence-corrected chi connectivity index (χ0v) is 19.0. The van der Waals surface area contributed by atoms with Gasteiger partial charge in [-0.3, -0.25) is 0 Å². The van der Waals surface area contributed by atoms with Crippen molar-refractivity contribution in [2.45, 2.75) is 52.2 Å². The zero-order valence-electron chi connectivity index (χ0n) is 15.9. The summed E-state index contributed by atoms with van der Waals surface area (Å²) in [5, 5.41) is 22.8. The number of thiophene rings is 1. The fraction of sp³-hybridized carbons (Fsp3) is 0.588. The Hall–Kier alpha value is -1.20. The van der Waals surface area contributed by atoms with Gasteiger partial charge in [0.25, 0.3) is 0 Å². The molecule has 1 unspecified atom stereocenters. The molecular formula is C17H28IN5O2S. The fourth-order valence-electron chi connectivity index (χ4n) is 2.04. The first-order chi connectivity index (χ1) is 11.7. The second kappa shape index (κ2) is 9.65. The van der Waals surface area contributed by atoms with Crippen LogP contribution in [0.25, 0.3) is 0 Å². The summed E-state index contributed by atoms with van der Waals surface area (Å²) >= 11 is 1.53. The van der Waals surface area contributed by atoms with Gasteiger partial charge in [-0.25, -0.2) is 4.99 Å². The van der Waals surface area contributed by atoms with Gasteiger partial charge in [0.15, 0.2) is 11.8 Å². The van der Waals surface area contributed by atoms with Crippen molar-refractivity contribution in [1.29, 1.82) is 0 Å². The molecule has 26 heavy (non-hydrogen) atoms. The summed E-state index contributed by atoms with van der Waals surface area (Å²) in [5.41, 5.74) is -1.15. The first kappa shape index (κ1) is 22.8. The lowest BCUT2D eigenvalue weighted by Gasteiger charge is -2.23. The van der Waals surface area contributed by atoms with Crippen LogP contribution in [0.2, 0.25) is 0 Å². The molecule has 9 heteroatoms. The normalized spacial score (nSPS) is 14.5. The molecule has 0 aliphatic rings. The van der Waals surface area contributed by atoms with E-state index in [1.165, 1.54) is 11.3 Å². The number of aliphatic imine (C=N–C) groups is 1. The number of aliphatic hydroxyl groups is 1. The smallest absolute Gasteiger partial charge is 0.232 e. The van der Waals surface area contributed by atoms with Crippen LogP contribution in [0.4, 0.5) is 0 Å². The molecule has 2 aromatic rings. The van der Waals surface area contributed by atoms with Crippen molar-refractivity contribution in [1.82, 2.24) is 20.8 Å². The first-order valence-electron chi connectivity index (χ1n) is 8.34. The van der Waals surface area contributed by atoms with Crippen LogP contribution in [0.3, 0.4) is 0 Å². The molecule has 0 aliphatic heterocycles. The van der Waals surface area contributed by atoms with E-state index in [0.29, 0.717) is 37.3 Å². The van der Waals surface area contributed by atoms with E-state index in [0.717, 1.165) is 4.88 Å². The van der Waals surface area contributed by atoms with E-state index in [2.05, 4.69) is 25.8 Å². The number of aromatic nitrogens is 2. The molecule has 0 radical (unpaired) electrons. The molecule has 146 valence electrons. The monoisotopic (exact) mass is 493 g/mol. The van der Waals surface area contributed by atoms with Crippen molar-refractivity contribution >= 4 is 41.3 Å². The Morgan fingerprint density at radius 3 is 2.58 bits per heavy atom. The van der Waals surface area contributed by atoms with Crippen LogP contribution in [0.5, 0.6) is 0 Å².